The Hall–Kier alpha value is -0.0800. The van der Waals surface area contributed by atoms with E-state index in [-0.39, 0.29) is 11.1 Å². The van der Waals surface area contributed by atoms with E-state index in [2.05, 4.69) is 52.2 Å². The number of nitrogens with one attached hydrogen (secondary N) is 2. The minimum atomic E-state index is 0.269. The van der Waals surface area contributed by atoms with Crippen molar-refractivity contribution in [2.24, 2.45) is 5.92 Å². The van der Waals surface area contributed by atoms with Crippen molar-refractivity contribution < 1.29 is 0 Å². The molecule has 0 saturated heterocycles. The highest BCUT2D eigenvalue weighted by atomic mass is 15.0. The average Bonchev–Trinajstić information content (AvgIpc) is 2.16. The minimum absolute atomic E-state index is 0.269. The summed E-state index contributed by atoms with van der Waals surface area (Å²) in [6.07, 6.45) is 6.87. The molecule has 0 aromatic carbocycles. The molecule has 108 valence electrons. The first kappa shape index (κ1) is 16.0. The van der Waals surface area contributed by atoms with Crippen LogP contribution in [0.5, 0.6) is 0 Å². The van der Waals surface area contributed by atoms with Crippen LogP contribution < -0.4 is 10.6 Å². The van der Waals surface area contributed by atoms with Crippen LogP contribution in [-0.4, -0.2) is 23.7 Å². The van der Waals surface area contributed by atoms with Gasteiger partial charge in [0.05, 0.1) is 0 Å². The summed E-state index contributed by atoms with van der Waals surface area (Å²) in [5, 5.41) is 7.35. The Morgan fingerprint density at radius 2 is 1.39 bits per heavy atom. The molecule has 0 aromatic heterocycles. The van der Waals surface area contributed by atoms with Crippen LogP contribution >= 0.6 is 0 Å². The Labute approximate surface area is 114 Å². The second kappa shape index (κ2) is 6.38. The molecule has 0 atom stereocenters. The fraction of sp³-hybridized carbons (Fsp3) is 1.00. The van der Waals surface area contributed by atoms with E-state index in [1.807, 2.05) is 0 Å². The van der Waals surface area contributed by atoms with Gasteiger partial charge in [0.25, 0.3) is 0 Å². The molecule has 2 N–H and O–H groups in total. The lowest BCUT2D eigenvalue weighted by molar-refractivity contribution is 0.238. The van der Waals surface area contributed by atoms with Crippen LogP contribution in [0.1, 0.15) is 73.6 Å². The van der Waals surface area contributed by atoms with Crippen molar-refractivity contribution in [2.75, 3.05) is 6.54 Å². The average molecular weight is 254 g/mol. The first-order valence-corrected chi connectivity index (χ1v) is 7.68. The topological polar surface area (TPSA) is 24.1 Å². The molecule has 0 aromatic rings. The van der Waals surface area contributed by atoms with Gasteiger partial charge in [-0.05, 0) is 86.1 Å². The molecule has 0 aliphatic heterocycles. The van der Waals surface area contributed by atoms with E-state index in [9.17, 15) is 0 Å². The Kier molecular flexibility index (Phi) is 5.67. The van der Waals surface area contributed by atoms with Crippen LogP contribution in [0.4, 0.5) is 0 Å². The predicted octanol–water partition coefficient (Wildman–Crippen LogP) is 3.71. The number of hydrogen-bond donors (Lipinski definition) is 2. The smallest absolute Gasteiger partial charge is 0.00990 e. The van der Waals surface area contributed by atoms with Crippen LogP contribution in [0.3, 0.4) is 0 Å². The zero-order chi connectivity index (χ0) is 13.8. The van der Waals surface area contributed by atoms with Crippen LogP contribution in [0.25, 0.3) is 0 Å². The molecule has 1 saturated carbocycles. The van der Waals surface area contributed by atoms with E-state index in [1.165, 1.54) is 38.6 Å². The summed E-state index contributed by atoms with van der Waals surface area (Å²) in [6, 6.07) is 0.747. The Bertz CT molecular complexity index is 226. The van der Waals surface area contributed by atoms with Crippen LogP contribution in [0.15, 0.2) is 0 Å². The molecule has 0 unspecified atom stereocenters. The Morgan fingerprint density at radius 3 is 1.83 bits per heavy atom. The van der Waals surface area contributed by atoms with Crippen molar-refractivity contribution in [1.29, 1.82) is 0 Å². The molecule has 18 heavy (non-hydrogen) atoms. The van der Waals surface area contributed by atoms with Gasteiger partial charge in [-0.2, -0.15) is 0 Å². The summed E-state index contributed by atoms with van der Waals surface area (Å²) in [6.45, 7) is 14.7. The van der Waals surface area contributed by atoms with Gasteiger partial charge in [-0.3, -0.25) is 0 Å². The van der Waals surface area contributed by atoms with E-state index in [1.54, 1.807) is 0 Å². The highest BCUT2D eigenvalue weighted by Crippen LogP contribution is 2.27. The fourth-order valence-corrected chi connectivity index (χ4v) is 2.86. The van der Waals surface area contributed by atoms with Gasteiger partial charge in [0.15, 0.2) is 0 Å². The molecule has 1 aliphatic rings. The lowest BCUT2D eigenvalue weighted by Crippen LogP contribution is -2.45. The number of hydrogen-bond acceptors (Lipinski definition) is 2. The van der Waals surface area contributed by atoms with Gasteiger partial charge in [0.1, 0.15) is 0 Å². The number of rotatable bonds is 4. The molecule has 1 rings (SSSR count). The quantitative estimate of drug-likeness (QED) is 0.799. The molecule has 1 aliphatic carbocycles. The van der Waals surface area contributed by atoms with Crippen molar-refractivity contribution in [3.05, 3.63) is 0 Å². The standard InChI is InChI=1S/C16H34N2/c1-15(2,3)17-12-11-13-7-9-14(10-8-13)18-16(4,5)6/h13-14,17-18H,7-12H2,1-6H3/t13-,14-. The Balaban J connectivity index is 2.16. The van der Waals surface area contributed by atoms with Gasteiger partial charge in [-0.25, -0.2) is 0 Å². The molecular formula is C16H34N2. The minimum Gasteiger partial charge on any atom is -0.312 e. The molecule has 2 heteroatoms. The van der Waals surface area contributed by atoms with Crippen molar-refractivity contribution in [3.8, 4) is 0 Å². The van der Waals surface area contributed by atoms with E-state index in [4.69, 9.17) is 0 Å². The summed E-state index contributed by atoms with van der Waals surface area (Å²) in [5.41, 5.74) is 0.538. The monoisotopic (exact) mass is 254 g/mol. The fourth-order valence-electron chi connectivity index (χ4n) is 2.86. The van der Waals surface area contributed by atoms with E-state index >= 15 is 0 Å². The zero-order valence-corrected chi connectivity index (χ0v) is 13.4. The molecule has 2 nitrogen and oxygen atoms in total. The predicted molar refractivity (Wildman–Crippen MR) is 81.0 cm³/mol. The van der Waals surface area contributed by atoms with E-state index < -0.39 is 0 Å². The molecular weight excluding hydrogens is 220 g/mol. The third-order valence-electron chi connectivity index (χ3n) is 3.69. The lowest BCUT2D eigenvalue weighted by atomic mass is 9.83. The van der Waals surface area contributed by atoms with Gasteiger partial charge in [0.2, 0.25) is 0 Å². The summed E-state index contributed by atoms with van der Waals surface area (Å²) in [7, 11) is 0. The SMILES string of the molecule is CC(C)(C)NCC[C@H]1CC[C@H](NC(C)(C)C)CC1. The van der Waals surface area contributed by atoms with Crippen LogP contribution in [0, 0.1) is 5.92 Å². The second-order valence-electron chi connectivity index (χ2n) is 8.08. The van der Waals surface area contributed by atoms with Crippen LogP contribution in [-0.2, 0) is 0 Å². The Morgan fingerprint density at radius 1 is 0.833 bits per heavy atom. The maximum Gasteiger partial charge on any atom is 0.00990 e. The van der Waals surface area contributed by atoms with Crippen LogP contribution in [0.2, 0.25) is 0 Å². The van der Waals surface area contributed by atoms with Gasteiger partial charge >= 0.3 is 0 Å². The first-order chi connectivity index (χ1) is 8.16. The third kappa shape index (κ3) is 7.38. The highest BCUT2D eigenvalue weighted by molar-refractivity contribution is 4.83. The molecule has 0 amide bonds. The van der Waals surface area contributed by atoms with Crippen molar-refractivity contribution in [3.63, 3.8) is 0 Å². The van der Waals surface area contributed by atoms with Gasteiger partial charge in [-0.1, -0.05) is 0 Å². The van der Waals surface area contributed by atoms with Crippen molar-refractivity contribution >= 4 is 0 Å². The molecule has 0 heterocycles. The van der Waals surface area contributed by atoms with Gasteiger partial charge in [-0.15, -0.1) is 0 Å². The lowest BCUT2D eigenvalue weighted by Gasteiger charge is -2.34. The van der Waals surface area contributed by atoms with E-state index in [0.29, 0.717) is 0 Å². The van der Waals surface area contributed by atoms with Crippen molar-refractivity contribution in [2.45, 2.75) is 90.8 Å². The summed E-state index contributed by atoms with van der Waals surface area (Å²) >= 11 is 0. The van der Waals surface area contributed by atoms with Crippen molar-refractivity contribution in [1.82, 2.24) is 10.6 Å². The molecule has 0 bridgehead atoms. The van der Waals surface area contributed by atoms with E-state index in [0.717, 1.165) is 12.0 Å². The van der Waals surface area contributed by atoms with Gasteiger partial charge < -0.3 is 10.6 Å². The largest absolute Gasteiger partial charge is 0.312 e. The maximum absolute atomic E-state index is 3.74. The zero-order valence-electron chi connectivity index (χ0n) is 13.4. The molecule has 1 fully saturated rings. The highest BCUT2D eigenvalue weighted by Gasteiger charge is 2.24. The summed E-state index contributed by atoms with van der Waals surface area (Å²) in [4.78, 5) is 0. The second-order valence-corrected chi connectivity index (χ2v) is 8.08. The maximum atomic E-state index is 3.74. The van der Waals surface area contributed by atoms with Gasteiger partial charge in [0, 0.05) is 17.1 Å². The third-order valence-corrected chi connectivity index (χ3v) is 3.69. The molecule has 0 radical (unpaired) electrons. The summed E-state index contributed by atoms with van der Waals surface area (Å²) in [5.74, 6) is 0.942. The first-order valence-electron chi connectivity index (χ1n) is 7.68. The normalized spacial score (nSPS) is 26.3. The molecule has 0 spiro atoms. The summed E-state index contributed by atoms with van der Waals surface area (Å²) < 4.78 is 0.